The molecule has 7 heteroatoms. The molecule has 3 aromatic rings. The number of para-hydroxylation sites is 1. The maximum Gasteiger partial charge on any atom is 0.252 e. The lowest BCUT2D eigenvalue weighted by molar-refractivity contribution is -0.565. The van der Waals surface area contributed by atoms with E-state index in [0.717, 1.165) is 16.7 Å². The zero-order valence-electron chi connectivity index (χ0n) is 17.7. The molecule has 0 spiro atoms. The number of methoxy groups -OCH3 is 1. The molecule has 0 saturated heterocycles. The lowest BCUT2D eigenvalue weighted by Gasteiger charge is -2.20. The normalized spacial score (nSPS) is 19.0. The van der Waals surface area contributed by atoms with Crippen LogP contribution in [0, 0.1) is 6.92 Å². The molecule has 2 atom stereocenters. The van der Waals surface area contributed by atoms with Crippen LogP contribution in [0.1, 0.15) is 33.1 Å². The second-order valence-corrected chi connectivity index (χ2v) is 7.94. The number of ether oxygens (including phenoxy) is 1. The van der Waals surface area contributed by atoms with Crippen molar-refractivity contribution < 1.29 is 19.3 Å². The molecule has 162 valence electrons. The van der Waals surface area contributed by atoms with Gasteiger partial charge in [0.05, 0.1) is 18.6 Å². The molecule has 0 unspecified atom stereocenters. The lowest BCUT2D eigenvalue weighted by atomic mass is 9.99. The Morgan fingerprint density at radius 2 is 1.88 bits per heavy atom. The van der Waals surface area contributed by atoms with Crippen LogP contribution in [0.2, 0.25) is 5.02 Å². The molecule has 1 amide bonds. The first-order chi connectivity index (χ1) is 15.5. The van der Waals surface area contributed by atoms with E-state index in [-0.39, 0.29) is 5.91 Å². The van der Waals surface area contributed by atoms with Crippen molar-refractivity contribution in [3.8, 4) is 5.75 Å². The van der Waals surface area contributed by atoms with Gasteiger partial charge in [0, 0.05) is 16.1 Å². The number of nitrogens with one attached hydrogen (secondary N) is 1. The van der Waals surface area contributed by atoms with Crippen LogP contribution in [0.15, 0.2) is 77.9 Å². The summed E-state index contributed by atoms with van der Waals surface area (Å²) in [6.07, 6.45) is 1.74. The molecule has 0 bridgehead atoms. The van der Waals surface area contributed by atoms with E-state index in [2.05, 4.69) is 10.4 Å². The van der Waals surface area contributed by atoms with E-state index < -0.39 is 18.0 Å². The number of hydrogen-bond donors (Lipinski definition) is 1. The Morgan fingerprint density at radius 1 is 1.12 bits per heavy atom. The zero-order valence-corrected chi connectivity index (χ0v) is 18.4. The van der Waals surface area contributed by atoms with Gasteiger partial charge in [-0.25, -0.2) is 0 Å². The fraction of sp³-hybridized carbons (Fsp3) is 0.160. The van der Waals surface area contributed by atoms with E-state index in [4.69, 9.17) is 16.3 Å². The van der Waals surface area contributed by atoms with Gasteiger partial charge in [-0.1, -0.05) is 58.2 Å². The van der Waals surface area contributed by atoms with E-state index in [1.807, 2.05) is 55.5 Å². The van der Waals surface area contributed by atoms with Crippen molar-refractivity contribution in [3.63, 3.8) is 0 Å². The molecule has 0 radical (unpaired) electrons. The number of halogens is 1. The number of carbonyl (C=O) groups is 1. The number of benzene rings is 3. The summed E-state index contributed by atoms with van der Waals surface area (Å²) < 4.78 is 7.00. The second kappa shape index (κ2) is 9.24. The molecule has 1 aliphatic rings. The van der Waals surface area contributed by atoms with Crippen molar-refractivity contribution in [3.05, 3.63) is 100 Å². The molecular formula is C25H22ClN3O3. The van der Waals surface area contributed by atoms with E-state index in [9.17, 15) is 9.90 Å². The van der Waals surface area contributed by atoms with Gasteiger partial charge in [0.2, 0.25) is 12.3 Å². The molecule has 1 heterocycles. The smallest absolute Gasteiger partial charge is 0.252 e. The number of hydrazone groups is 1. The standard InChI is InChI=1S/C25H22ClN3O3/c1-16-6-5-8-18(14-16)24(30)27-22-23(17-10-12-20(26)13-11-17)29(28-25(22)31)15-19-7-3-4-9-21(19)32-2/h3-15,22-23H,1-2H3,(H-,27,28,30,31)/b29-15-/t22-,23-/m1/s1. The number of amides is 1. The zero-order chi connectivity index (χ0) is 22.7. The summed E-state index contributed by atoms with van der Waals surface area (Å²) in [6, 6.07) is 20.4. The lowest BCUT2D eigenvalue weighted by Crippen LogP contribution is -2.47. The average Bonchev–Trinajstić information content (AvgIpc) is 3.09. The van der Waals surface area contributed by atoms with Crippen molar-refractivity contribution in [2.75, 3.05) is 7.11 Å². The maximum atomic E-state index is 12.9. The maximum absolute atomic E-state index is 12.9. The highest BCUT2D eigenvalue weighted by molar-refractivity contribution is 6.30. The number of nitrogens with zero attached hydrogens (tertiary/aromatic N) is 2. The van der Waals surface area contributed by atoms with Crippen LogP contribution in [-0.2, 0) is 0 Å². The van der Waals surface area contributed by atoms with Gasteiger partial charge in [-0.15, -0.1) is 0 Å². The molecule has 1 aliphatic heterocycles. The third-order valence-corrected chi connectivity index (χ3v) is 5.52. The van der Waals surface area contributed by atoms with Gasteiger partial charge in [-0.05, 0) is 48.4 Å². The highest BCUT2D eigenvalue weighted by Gasteiger charge is 2.41. The highest BCUT2D eigenvalue weighted by Crippen LogP contribution is 2.29. The first kappa shape index (κ1) is 21.6. The van der Waals surface area contributed by atoms with Crippen LogP contribution in [0.5, 0.6) is 5.75 Å². The summed E-state index contributed by atoms with van der Waals surface area (Å²) in [6.45, 7) is 1.91. The average molecular weight is 448 g/mol. The quantitative estimate of drug-likeness (QED) is 0.609. The van der Waals surface area contributed by atoms with Gasteiger partial charge in [0.1, 0.15) is 11.8 Å². The Morgan fingerprint density at radius 3 is 2.59 bits per heavy atom. The molecule has 4 rings (SSSR count). The van der Waals surface area contributed by atoms with Crippen molar-refractivity contribution in [2.45, 2.75) is 19.0 Å². The predicted octanol–water partition coefficient (Wildman–Crippen LogP) is 3.32. The molecule has 0 saturated carbocycles. The fourth-order valence-corrected chi connectivity index (χ4v) is 3.83. The molecule has 3 aromatic carbocycles. The van der Waals surface area contributed by atoms with Gasteiger partial charge in [0.25, 0.3) is 5.91 Å². The Labute approximate surface area is 191 Å². The Kier molecular flexibility index (Phi) is 6.23. The van der Waals surface area contributed by atoms with Crippen LogP contribution in [0.4, 0.5) is 0 Å². The Hall–Kier alpha value is -3.64. The largest absolute Gasteiger partial charge is 0.856 e. The van der Waals surface area contributed by atoms with Gasteiger partial charge in [-0.2, -0.15) is 0 Å². The van der Waals surface area contributed by atoms with E-state index in [1.165, 1.54) is 0 Å². The number of rotatable bonds is 5. The fourth-order valence-electron chi connectivity index (χ4n) is 3.71. The SMILES string of the molecule is COc1ccccc1/C=[N+]1\N=C([O-])[C@H](NC(=O)c2cccc(C)c2)[C@H]1c1ccc(Cl)cc1. The van der Waals surface area contributed by atoms with Gasteiger partial charge in [-0.3, -0.25) is 4.79 Å². The second-order valence-electron chi connectivity index (χ2n) is 7.51. The number of hydrogen-bond acceptors (Lipinski definition) is 4. The first-order valence-electron chi connectivity index (χ1n) is 10.1. The molecule has 1 N–H and O–H groups in total. The number of carbonyl (C=O) groups excluding carboxylic acids is 1. The summed E-state index contributed by atoms with van der Waals surface area (Å²) in [4.78, 5) is 12.9. The van der Waals surface area contributed by atoms with Crippen LogP contribution in [0.25, 0.3) is 0 Å². The third-order valence-electron chi connectivity index (χ3n) is 5.27. The molecule has 6 nitrogen and oxygen atoms in total. The summed E-state index contributed by atoms with van der Waals surface area (Å²) in [5.74, 6) is -0.116. The van der Waals surface area contributed by atoms with Crippen LogP contribution < -0.4 is 15.2 Å². The molecular weight excluding hydrogens is 426 g/mol. The monoisotopic (exact) mass is 447 g/mol. The van der Waals surface area contributed by atoms with Crippen molar-refractivity contribution >= 4 is 29.6 Å². The van der Waals surface area contributed by atoms with Crippen LogP contribution in [0.3, 0.4) is 0 Å². The summed E-state index contributed by atoms with van der Waals surface area (Å²) in [5.41, 5.74) is 3.00. The van der Waals surface area contributed by atoms with Crippen LogP contribution >= 0.6 is 11.6 Å². The van der Waals surface area contributed by atoms with Crippen molar-refractivity contribution in [1.29, 1.82) is 0 Å². The van der Waals surface area contributed by atoms with Gasteiger partial charge < -0.3 is 15.2 Å². The van der Waals surface area contributed by atoms with Gasteiger partial charge in [0.15, 0.2) is 0 Å². The van der Waals surface area contributed by atoms with Crippen LogP contribution in [-0.4, -0.2) is 35.9 Å². The van der Waals surface area contributed by atoms with Crippen molar-refractivity contribution in [2.24, 2.45) is 5.10 Å². The first-order valence-corrected chi connectivity index (χ1v) is 10.5. The third kappa shape index (κ3) is 4.50. The van der Waals surface area contributed by atoms with Gasteiger partial charge >= 0.3 is 0 Å². The minimum absolute atomic E-state index is 0.333. The molecule has 0 aromatic heterocycles. The minimum Gasteiger partial charge on any atom is -0.856 e. The molecule has 0 fully saturated rings. The van der Waals surface area contributed by atoms with E-state index in [1.54, 1.807) is 42.3 Å². The van der Waals surface area contributed by atoms with E-state index >= 15 is 0 Å². The summed E-state index contributed by atoms with van der Waals surface area (Å²) in [7, 11) is 1.58. The Bertz CT molecular complexity index is 1210. The van der Waals surface area contributed by atoms with Crippen molar-refractivity contribution in [1.82, 2.24) is 5.32 Å². The topological polar surface area (TPSA) is 76.8 Å². The predicted molar refractivity (Wildman–Crippen MR) is 122 cm³/mol. The summed E-state index contributed by atoms with van der Waals surface area (Å²) >= 11 is 6.07. The Balaban J connectivity index is 1.74. The highest BCUT2D eigenvalue weighted by atomic mass is 35.5. The molecule has 32 heavy (non-hydrogen) atoms. The number of aryl methyl sites for hydroxylation is 1. The summed E-state index contributed by atoms with van der Waals surface area (Å²) in [5, 5.41) is 20.6. The molecule has 0 aliphatic carbocycles. The van der Waals surface area contributed by atoms with E-state index in [0.29, 0.717) is 16.3 Å². The minimum atomic E-state index is -0.866.